The molecule has 4 nitrogen and oxygen atoms in total. The lowest BCUT2D eigenvalue weighted by molar-refractivity contribution is -0.170. The van der Waals surface area contributed by atoms with Gasteiger partial charge in [0.05, 0.1) is 5.52 Å². The first-order chi connectivity index (χ1) is 14.5. The average molecular weight is 420 g/mol. The van der Waals surface area contributed by atoms with Gasteiger partial charge in [0.25, 0.3) is 0 Å². The Hall–Kier alpha value is -3.01. The molecule has 164 valence electrons. The van der Waals surface area contributed by atoms with Crippen molar-refractivity contribution in [3.63, 3.8) is 0 Å². The van der Waals surface area contributed by atoms with Gasteiger partial charge in [0, 0.05) is 29.8 Å². The first kappa shape index (κ1) is 22.7. The standard InChI is InChI=1S/C27H33NO3/c1-8-25(29)31-27(6,7)26(4,5)30-22-15-14-21-16-23(20-12-10-9-11-13-20)28(18-19(2)3)24(21)17-22/h8-17,19H,1,18H2,2-7H3. The molecule has 0 spiro atoms. The van der Waals surface area contributed by atoms with Crippen molar-refractivity contribution in [2.45, 2.75) is 59.3 Å². The lowest BCUT2D eigenvalue weighted by Gasteiger charge is -2.40. The fourth-order valence-electron chi connectivity index (χ4n) is 3.54. The van der Waals surface area contributed by atoms with Crippen molar-refractivity contribution < 1.29 is 14.3 Å². The lowest BCUT2D eigenvalue weighted by Crippen LogP contribution is -2.52. The number of esters is 1. The van der Waals surface area contributed by atoms with E-state index in [0.717, 1.165) is 17.8 Å². The van der Waals surface area contributed by atoms with Crippen LogP contribution in [0.5, 0.6) is 5.75 Å². The van der Waals surface area contributed by atoms with Crippen LogP contribution in [0.4, 0.5) is 0 Å². The Bertz CT molecular complexity index is 1070. The van der Waals surface area contributed by atoms with Gasteiger partial charge in [-0.1, -0.05) is 50.8 Å². The molecule has 0 saturated heterocycles. The van der Waals surface area contributed by atoms with Crippen LogP contribution >= 0.6 is 0 Å². The Morgan fingerprint density at radius 3 is 2.32 bits per heavy atom. The molecule has 0 fully saturated rings. The van der Waals surface area contributed by atoms with Crippen LogP contribution in [-0.4, -0.2) is 21.7 Å². The predicted molar refractivity (Wildman–Crippen MR) is 127 cm³/mol. The van der Waals surface area contributed by atoms with E-state index in [0.29, 0.717) is 5.92 Å². The molecule has 4 heteroatoms. The van der Waals surface area contributed by atoms with E-state index in [1.165, 1.54) is 22.7 Å². The monoisotopic (exact) mass is 419 g/mol. The highest BCUT2D eigenvalue weighted by Gasteiger charge is 2.42. The van der Waals surface area contributed by atoms with Crippen molar-refractivity contribution >= 4 is 16.9 Å². The minimum atomic E-state index is -0.845. The number of carbonyl (C=O) groups excluding carboxylic acids is 1. The van der Waals surface area contributed by atoms with Gasteiger partial charge in [-0.2, -0.15) is 0 Å². The third-order valence-corrected chi connectivity index (χ3v) is 5.84. The van der Waals surface area contributed by atoms with Gasteiger partial charge in [-0.15, -0.1) is 0 Å². The molecule has 0 aliphatic heterocycles. The lowest BCUT2D eigenvalue weighted by atomic mass is 9.89. The topological polar surface area (TPSA) is 40.5 Å². The van der Waals surface area contributed by atoms with Crippen molar-refractivity contribution in [1.82, 2.24) is 4.57 Å². The minimum absolute atomic E-state index is 0.463. The first-order valence-corrected chi connectivity index (χ1v) is 10.8. The van der Waals surface area contributed by atoms with Gasteiger partial charge in [-0.3, -0.25) is 0 Å². The second-order valence-corrected chi connectivity index (χ2v) is 9.37. The summed E-state index contributed by atoms with van der Waals surface area (Å²) in [6.45, 7) is 16.4. The van der Waals surface area contributed by atoms with Crippen LogP contribution in [0.15, 0.2) is 67.3 Å². The largest absolute Gasteiger partial charge is 0.484 e. The molecule has 0 amide bonds. The van der Waals surface area contributed by atoms with Crippen LogP contribution in [-0.2, 0) is 16.1 Å². The van der Waals surface area contributed by atoms with Crippen molar-refractivity contribution in [3.8, 4) is 17.0 Å². The van der Waals surface area contributed by atoms with Crippen molar-refractivity contribution in [2.24, 2.45) is 5.92 Å². The summed E-state index contributed by atoms with van der Waals surface area (Å²) in [7, 11) is 0. The van der Waals surface area contributed by atoms with Crippen molar-refractivity contribution in [1.29, 1.82) is 0 Å². The third-order valence-electron chi connectivity index (χ3n) is 5.84. The van der Waals surface area contributed by atoms with Gasteiger partial charge < -0.3 is 14.0 Å². The molecule has 1 heterocycles. The normalized spacial score (nSPS) is 12.2. The molecule has 0 aliphatic carbocycles. The van der Waals surface area contributed by atoms with E-state index >= 15 is 0 Å². The zero-order valence-corrected chi connectivity index (χ0v) is 19.4. The second-order valence-electron chi connectivity index (χ2n) is 9.37. The zero-order valence-electron chi connectivity index (χ0n) is 19.4. The van der Waals surface area contributed by atoms with E-state index in [9.17, 15) is 4.79 Å². The highest BCUT2D eigenvalue weighted by Crippen LogP contribution is 2.35. The quantitative estimate of drug-likeness (QED) is 0.304. The van der Waals surface area contributed by atoms with Gasteiger partial charge >= 0.3 is 5.97 Å². The summed E-state index contributed by atoms with van der Waals surface area (Å²) in [6, 6.07) is 18.8. The number of nitrogens with zero attached hydrogens (tertiary/aromatic N) is 1. The maximum absolute atomic E-state index is 11.8. The molecule has 31 heavy (non-hydrogen) atoms. The molecule has 3 aromatic rings. The Morgan fingerprint density at radius 1 is 1.03 bits per heavy atom. The molecule has 0 bridgehead atoms. The van der Waals surface area contributed by atoms with E-state index in [4.69, 9.17) is 9.47 Å². The first-order valence-electron chi connectivity index (χ1n) is 10.8. The minimum Gasteiger partial charge on any atom is -0.484 e. The Morgan fingerprint density at radius 2 is 1.71 bits per heavy atom. The smallest absolute Gasteiger partial charge is 0.330 e. The Labute approximate surface area is 185 Å². The predicted octanol–water partition coefficient (Wildman–Crippen LogP) is 6.63. The molecule has 1 aromatic heterocycles. The van der Waals surface area contributed by atoms with Crippen molar-refractivity contribution in [2.75, 3.05) is 0 Å². The van der Waals surface area contributed by atoms with Gasteiger partial charge in [-0.05, 0) is 57.4 Å². The second kappa shape index (κ2) is 8.62. The number of carbonyl (C=O) groups is 1. The van der Waals surface area contributed by atoms with E-state index in [-0.39, 0.29) is 0 Å². The summed E-state index contributed by atoms with van der Waals surface area (Å²) in [5.41, 5.74) is 1.92. The third kappa shape index (κ3) is 4.84. The molecule has 2 aromatic carbocycles. The number of hydrogen-bond acceptors (Lipinski definition) is 3. The SMILES string of the molecule is C=CC(=O)OC(C)(C)C(C)(C)Oc1ccc2cc(-c3ccccc3)n(CC(C)C)c2c1. The van der Waals surface area contributed by atoms with Gasteiger partial charge in [0.2, 0.25) is 0 Å². The zero-order chi connectivity index (χ0) is 22.8. The molecular formula is C27H33NO3. The summed E-state index contributed by atoms with van der Waals surface area (Å²) in [5.74, 6) is 0.773. The highest BCUT2D eigenvalue weighted by atomic mass is 16.6. The number of fused-ring (bicyclic) bond motifs is 1. The number of ether oxygens (including phenoxy) is 2. The van der Waals surface area contributed by atoms with Gasteiger partial charge in [0.15, 0.2) is 0 Å². The van der Waals surface area contributed by atoms with Crippen LogP contribution in [0.1, 0.15) is 41.5 Å². The van der Waals surface area contributed by atoms with E-state index in [1.54, 1.807) is 0 Å². The highest BCUT2D eigenvalue weighted by molar-refractivity contribution is 5.88. The number of aromatic nitrogens is 1. The number of rotatable bonds is 8. The van der Waals surface area contributed by atoms with Crippen LogP contribution in [0, 0.1) is 5.92 Å². The number of hydrogen-bond donors (Lipinski definition) is 0. The van der Waals surface area contributed by atoms with Gasteiger partial charge in [-0.25, -0.2) is 4.79 Å². The Kier molecular flexibility index (Phi) is 6.30. The van der Waals surface area contributed by atoms with Crippen LogP contribution in [0.2, 0.25) is 0 Å². The Balaban J connectivity index is 2.02. The van der Waals surface area contributed by atoms with Crippen LogP contribution in [0.3, 0.4) is 0 Å². The van der Waals surface area contributed by atoms with Gasteiger partial charge in [0.1, 0.15) is 17.0 Å². The van der Waals surface area contributed by atoms with Crippen molar-refractivity contribution in [3.05, 3.63) is 67.3 Å². The van der Waals surface area contributed by atoms with Crippen LogP contribution in [0.25, 0.3) is 22.2 Å². The maximum atomic E-state index is 11.8. The molecule has 3 rings (SSSR count). The van der Waals surface area contributed by atoms with E-state index < -0.39 is 17.2 Å². The maximum Gasteiger partial charge on any atom is 0.330 e. The molecule has 0 radical (unpaired) electrons. The molecule has 0 aliphatic rings. The molecule has 0 saturated carbocycles. The summed E-state index contributed by atoms with van der Waals surface area (Å²) in [4.78, 5) is 11.8. The summed E-state index contributed by atoms with van der Waals surface area (Å²) in [5, 5.41) is 1.17. The summed E-state index contributed by atoms with van der Waals surface area (Å²) < 4.78 is 14.3. The summed E-state index contributed by atoms with van der Waals surface area (Å²) >= 11 is 0. The van der Waals surface area contributed by atoms with Crippen LogP contribution < -0.4 is 4.74 Å². The van der Waals surface area contributed by atoms with E-state index in [1.807, 2.05) is 39.8 Å². The molecular weight excluding hydrogens is 386 g/mol. The fourth-order valence-corrected chi connectivity index (χ4v) is 3.54. The fraction of sp³-hybridized carbons (Fsp3) is 0.370. The number of benzene rings is 2. The average Bonchev–Trinajstić information content (AvgIpc) is 3.05. The molecule has 0 unspecified atom stereocenters. The molecule has 0 N–H and O–H groups in total. The van der Waals surface area contributed by atoms with E-state index in [2.05, 4.69) is 67.5 Å². The molecule has 0 atom stereocenters. The summed E-state index contributed by atoms with van der Waals surface area (Å²) in [6.07, 6.45) is 1.17.